The lowest BCUT2D eigenvalue weighted by atomic mass is 9.99. The summed E-state index contributed by atoms with van der Waals surface area (Å²) in [7, 11) is 0. The standard InChI is InChI=1S/C22H32FN3O4/c1-16-12-20(4-5-21(16)23)30-15-22(29)13-25(18(3)28)10-11-26(14-22)19-6-8-24(9-7-19)17(2)27/h4-5,12,19,29H,6-11,13-15H2,1-3H3/t22-/m1/s1. The largest absolute Gasteiger partial charge is 0.490 e. The smallest absolute Gasteiger partial charge is 0.219 e. The molecule has 2 heterocycles. The Balaban J connectivity index is 1.70. The lowest BCUT2D eigenvalue weighted by Crippen LogP contribution is -2.54. The van der Waals surface area contributed by atoms with Crippen LogP contribution in [0.1, 0.15) is 32.3 Å². The van der Waals surface area contributed by atoms with Crippen molar-refractivity contribution in [2.24, 2.45) is 0 Å². The van der Waals surface area contributed by atoms with Crippen molar-refractivity contribution < 1.29 is 23.8 Å². The van der Waals surface area contributed by atoms with Gasteiger partial charge in [-0.1, -0.05) is 0 Å². The van der Waals surface area contributed by atoms with Gasteiger partial charge in [0.25, 0.3) is 0 Å². The van der Waals surface area contributed by atoms with Crippen molar-refractivity contribution in [2.75, 3.05) is 45.9 Å². The SMILES string of the molecule is CC(=O)N1CCC(N2CCN(C(C)=O)C[C@](O)(COc3ccc(F)c(C)c3)C2)CC1. The number of ether oxygens (including phenoxy) is 1. The topological polar surface area (TPSA) is 73.3 Å². The van der Waals surface area contributed by atoms with Crippen molar-refractivity contribution >= 4 is 11.8 Å². The second kappa shape index (κ2) is 9.31. The van der Waals surface area contributed by atoms with Gasteiger partial charge in [0.1, 0.15) is 23.8 Å². The number of amides is 2. The van der Waals surface area contributed by atoms with Crippen molar-refractivity contribution in [2.45, 2.75) is 45.3 Å². The Kier molecular flexibility index (Phi) is 6.98. The molecule has 1 N–H and O–H groups in total. The average molecular weight is 422 g/mol. The van der Waals surface area contributed by atoms with Gasteiger partial charge >= 0.3 is 0 Å². The van der Waals surface area contributed by atoms with E-state index in [1.807, 2.05) is 4.90 Å². The molecule has 0 bridgehead atoms. The van der Waals surface area contributed by atoms with Crippen LogP contribution >= 0.6 is 0 Å². The van der Waals surface area contributed by atoms with Crippen LogP contribution in [0.2, 0.25) is 0 Å². The lowest BCUT2D eigenvalue weighted by molar-refractivity contribution is -0.132. The van der Waals surface area contributed by atoms with E-state index in [1.54, 1.807) is 30.9 Å². The first kappa shape index (κ1) is 22.5. The molecule has 7 nitrogen and oxygen atoms in total. The number of aliphatic hydroxyl groups is 1. The van der Waals surface area contributed by atoms with E-state index in [0.29, 0.717) is 44.0 Å². The van der Waals surface area contributed by atoms with Gasteiger partial charge in [0.05, 0.1) is 6.54 Å². The predicted molar refractivity (Wildman–Crippen MR) is 111 cm³/mol. The van der Waals surface area contributed by atoms with Crippen LogP contribution in [0.5, 0.6) is 5.75 Å². The fraction of sp³-hybridized carbons (Fsp3) is 0.636. The number of halogens is 1. The molecule has 1 atom stereocenters. The minimum absolute atomic E-state index is 0.00461. The third-order valence-electron chi connectivity index (χ3n) is 6.15. The summed E-state index contributed by atoms with van der Waals surface area (Å²) >= 11 is 0. The first-order chi connectivity index (χ1) is 14.2. The molecule has 2 amide bonds. The molecule has 8 heteroatoms. The predicted octanol–water partition coefficient (Wildman–Crippen LogP) is 1.42. The molecule has 0 aromatic heterocycles. The number of hydrogen-bond donors (Lipinski definition) is 1. The molecular formula is C22H32FN3O4. The molecule has 30 heavy (non-hydrogen) atoms. The Morgan fingerprint density at radius 2 is 1.77 bits per heavy atom. The molecule has 1 aromatic carbocycles. The summed E-state index contributed by atoms with van der Waals surface area (Å²) in [5, 5.41) is 11.4. The molecule has 0 spiro atoms. The Morgan fingerprint density at radius 3 is 2.37 bits per heavy atom. The fourth-order valence-corrected chi connectivity index (χ4v) is 4.33. The van der Waals surface area contributed by atoms with Gasteiger partial charge in [-0.3, -0.25) is 14.5 Å². The third-order valence-corrected chi connectivity index (χ3v) is 6.15. The summed E-state index contributed by atoms with van der Waals surface area (Å²) in [5.41, 5.74) is -0.771. The molecule has 2 aliphatic rings. The quantitative estimate of drug-likeness (QED) is 0.796. The van der Waals surface area contributed by atoms with Gasteiger partial charge in [0.15, 0.2) is 0 Å². The Morgan fingerprint density at radius 1 is 1.10 bits per heavy atom. The second-order valence-corrected chi connectivity index (χ2v) is 8.57. The molecule has 0 saturated carbocycles. The zero-order valence-electron chi connectivity index (χ0n) is 18.1. The fourth-order valence-electron chi connectivity index (χ4n) is 4.33. The van der Waals surface area contributed by atoms with Crippen molar-refractivity contribution in [1.82, 2.24) is 14.7 Å². The summed E-state index contributed by atoms with van der Waals surface area (Å²) in [6.07, 6.45) is 1.68. The number of carbonyl (C=O) groups excluding carboxylic acids is 2. The minimum atomic E-state index is -1.25. The molecule has 0 radical (unpaired) electrons. The summed E-state index contributed by atoms with van der Waals surface area (Å²) in [6.45, 7) is 7.94. The molecule has 1 aromatic rings. The summed E-state index contributed by atoms with van der Waals surface area (Å²) < 4.78 is 19.3. The summed E-state index contributed by atoms with van der Waals surface area (Å²) in [4.78, 5) is 29.4. The average Bonchev–Trinajstić information content (AvgIpc) is 2.89. The van der Waals surface area contributed by atoms with Crippen molar-refractivity contribution in [3.05, 3.63) is 29.6 Å². The number of piperidine rings is 1. The molecule has 2 fully saturated rings. The highest BCUT2D eigenvalue weighted by atomic mass is 19.1. The summed E-state index contributed by atoms with van der Waals surface area (Å²) in [6, 6.07) is 4.74. The minimum Gasteiger partial charge on any atom is -0.490 e. The van der Waals surface area contributed by atoms with Gasteiger partial charge < -0.3 is 19.6 Å². The number of likely N-dealkylation sites (tertiary alicyclic amines) is 1. The number of nitrogens with zero attached hydrogens (tertiary/aromatic N) is 3. The van der Waals surface area contributed by atoms with E-state index in [9.17, 15) is 19.1 Å². The third kappa shape index (κ3) is 5.49. The highest BCUT2D eigenvalue weighted by molar-refractivity contribution is 5.73. The molecule has 0 aliphatic carbocycles. The summed E-state index contributed by atoms with van der Waals surface area (Å²) in [5.74, 6) is 0.189. The highest BCUT2D eigenvalue weighted by Gasteiger charge is 2.39. The van der Waals surface area contributed by atoms with Crippen molar-refractivity contribution in [1.29, 1.82) is 0 Å². The van der Waals surface area contributed by atoms with Crippen LogP contribution in [0, 0.1) is 12.7 Å². The van der Waals surface area contributed by atoms with Gasteiger partial charge in [-0.05, 0) is 43.5 Å². The molecular weight excluding hydrogens is 389 g/mol. The maximum absolute atomic E-state index is 13.5. The van der Waals surface area contributed by atoms with Crippen molar-refractivity contribution in [3.63, 3.8) is 0 Å². The van der Waals surface area contributed by atoms with E-state index in [1.165, 1.54) is 13.0 Å². The Hall–Kier alpha value is -2.19. The molecule has 0 unspecified atom stereocenters. The second-order valence-electron chi connectivity index (χ2n) is 8.57. The van der Waals surface area contributed by atoms with Gasteiger partial charge in [0, 0.05) is 52.6 Å². The van der Waals surface area contributed by atoms with E-state index in [0.717, 1.165) is 12.8 Å². The van der Waals surface area contributed by atoms with Crippen LogP contribution in [-0.4, -0.2) is 89.1 Å². The van der Waals surface area contributed by atoms with Crippen LogP contribution in [-0.2, 0) is 9.59 Å². The van der Waals surface area contributed by atoms with Crippen LogP contribution in [0.25, 0.3) is 0 Å². The number of β-amino-alcohol motifs (C(OH)–C–C–N with tert-alkyl or cyclic N) is 1. The van der Waals surface area contributed by atoms with E-state index in [2.05, 4.69) is 4.90 Å². The monoisotopic (exact) mass is 421 g/mol. The normalized spacial score (nSPS) is 23.9. The molecule has 3 rings (SSSR count). The number of rotatable bonds is 4. The zero-order chi connectivity index (χ0) is 21.9. The first-order valence-corrected chi connectivity index (χ1v) is 10.5. The Labute approximate surface area is 177 Å². The van der Waals surface area contributed by atoms with Crippen LogP contribution in [0.3, 0.4) is 0 Å². The maximum Gasteiger partial charge on any atom is 0.219 e. The van der Waals surface area contributed by atoms with E-state index in [4.69, 9.17) is 4.74 Å². The van der Waals surface area contributed by atoms with Crippen LogP contribution in [0.15, 0.2) is 18.2 Å². The molecule has 2 aliphatic heterocycles. The van der Waals surface area contributed by atoms with Crippen LogP contribution < -0.4 is 4.74 Å². The number of aryl methyl sites for hydroxylation is 1. The van der Waals surface area contributed by atoms with Gasteiger partial charge in [-0.25, -0.2) is 4.39 Å². The van der Waals surface area contributed by atoms with Crippen LogP contribution in [0.4, 0.5) is 4.39 Å². The molecule has 166 valence electrons. The van der Waals surface area contributed by atoms with E-state index in [-0.39, 0.29) is 36.8 Å². The maximum atomic E-state index is 13.5. The lowest BCUT2D eigenvalue weighted by Gasteiger charge is -2.40. The van der Waals surface area contributed by atoms with Gasteiger partial charge in [-0.2, -0.15) is 0 Å². The van der Waals surface area contributed by atoms with E-state index >= 15 is 0 Å². The highest BCUT2D eigenvalue weighted by Crippen LogP contribution is 2.24. The van der Waals surface area contributed by atoms with E-state index < -0.39 is 5.60 Å². The first-order valence-electron chi connectivity index (χ1n) is 10.5. The van der Waals surface area contributed by atoms with Gasteiger partial charge in [-0.15, -0.1) is 0 Å². The zero-order valence-corrected chi connectivity index (χ0v) is 18.1. The number of benzene rings is 1. The number of carbonyl (C=O) groups is 2. The molecule has 2 saturated heterocycles. The van der Waals surface area contributed by atoms with Gasteiger partial charge in [0.2, 0.25) is 11.8 Å². The number of hydrogen-bond acceptors (Lipinski definition) is 5. The van der Waals surface area contributed by atoms with Crippen molar-refractivity contribution in [3.8, 4) is 5.75 Å². The Bertz CT molecular complexity index is 782.